The van der Waals surface area contributed by atoms with Crippen LogP contribution in [0.3, 0.4) is 0 Å². The average Bonchev–Trinajstić information content (AvgIpc) is 2.14. The molecule has 0 radical (unpaired) electrons. The molecule has 0 spiro atoms. The zero-order valence-electron chi connectivity index (χ0n) is 11.0. The second kappa shape index (κ2) is 6.40. The minimum absolute atomic E-state index is 0.335. The molecule has 0 heterocycles. The van der Waals surface area contributed by atoms with Crippen LogP contribution in [-0.4, -0.2) is 36.8 Å². The molecule has 0 aliphatic carbocycles. The van der Waals surface area contributed by atoms with E-state index in [0.717, 1.165) is 12.2 Å². The highest BCUT2D eigenvalue weighted by atomic mass is 16.6. The highest BCUT2D eigenvalue weighted by Gasteiger charge is 2.19. The normalized spacial score (nSPS) is 10.8. The van der Waals surface area contributed by atoms with Crippen LogP contribution in [-0.2, 0) is 9.47 Å². The van der Waals surface area contributed by atoms with Gasteiger partial charge in [0.25, 0.3) is 0 Å². The lowest BCUT2D eigenvalue weighted by molar-refractivity contribution is 0.0259. The van der Waals surface area contributed by atoms with E-state index < -0.39 is 5.60 Å². The molecular formula is C12H23NO3. The summed E-state index contributed by atoms with van der Waals surface area (Å²) >= 11 is 0. The molecule has 0 aliphatic heterocycles. The number of amides is 1. The molecule has 0 rings (SSSR count). The Morgan fingerprint density at radius 1 is 1.38 bits per heavy atom. The molecule has 0 N–H and O–H groups in total. The summed E-state index contributed by atoms with van der Waals surface area (Å²) in [5.74, 6) is 0.734. The molecule has 16 heavy (non-hydrogen) atoms. The molecule has 0 aromatic rings. The van der Waals surface area contributed by atoms with Crippen LogP contribution < -0.4 is 0 Å². The van der Waals surface area contributed by atoms with E-state index in [-0.39, 0.29) is 6.09 Å². The zero-order chi connectivity index (χ0) is 12.8. The average molecular weight is 229 g/mol. The monoisotopic (exact) mass is 229 g/mol. The van der Waals surface area contributed by atoms with Crippen LogP contribution in [0.5, 0.6) is 0 Å². The van der Waals surface area contributed by atoms with E-state index in [1.165, 1.54) is 4.90 Å². The second-order valence-electron chi connectivity index (χ2n) is 4.64. The van der Waals surface area contributed by atoms with E-state index in [9.17, 15) is 4.79 Å². The van der Waals surface area contributed by atoms with Gasteiger partial charge < -0.3 is 14.4 Å². The molecule has 0 unspecified atom stereocenters. The fourth-order valence-corrected chi connectivity index (χ4v) is 0.860. The topological polar surface area (TPSA) is 38.8 Å². The number of allylic oxidation sites excluding steroid dienone is 1. The summed E-state index contributed by atoms with van der Waals surface area (Å²) in [6.07, 6.45) is 0.453. The molecule has 0 atom stereocenters. The number of rotatable bonds is 5. The van der Waals surface area contributed by atoms with Gasteiger partial charge in [-0.25, -0.2) is 4.79 Å². The van der Waals surface area contributed by atoms with Gasteiger partial charge in [0.2, 0.25) is 0 Å². The van der Waals surface area contributed by atoms with Gasteiger partial charge in [-0.05, 0) is 20.8 Å². The number of likely N-dealkylation sites (N-methyl/N-ethyl adjacent to an activating group) is 1. The number of hydrogen-bond donors (Lipinski definition) is 0. The lowest BCUT2D eigenvalue weighted by atomic mass is 10.2. The Bertz CT molecular complexity index is 243. The van der Waals surface area contributed by atoms with E-state index in [1.54, 1.807) is 7.05 Å². The minimum atomic E-state index is -0.459. The first-order valence-corrected chi connectivity index (χ1v) is 5.51. The Kier molecular flexibility index (Phi) is 5.93. The van der Waals surface area contributed by atoms with E-state index in [1.807, 2.05) is 27.7 Å². The van der Waals surface area contributed by atoms with Gasteiger partial charge in [0.15, 0.2) is 0 Å². The third-order valence-corrected chi connectivity index (χ3v) is 1.83. The first kappa shape index (κ1) is 14.8. The van der Waals surface area contributed by atoms with Crippen molar-refractivity contribution in [1.29, 1.82) is 0 Å². The van der Waals surface area contributed by atoms with Crippen LogP contribution in [0.15, 0.2) is 12.3 Å². The van der Waals surface area contributed by atoms with Crippen LogP contribution in [0.25, 0.3) is 0 Å². The number of ether oxygens (including phenoxy) is 2. The molecule has 0 bridgehead atoms. The fourth-order valence-electron chi connectivity index (χ4n) is 0.860. The maximum absolute atomic E-state index is 11.5. The van der Waals surface area contributed by atoms with Crippen molar-refractivity contribution in [2.24, 2.45) is 0 Å². The molecule has 0 fully saturated rings. The lowest BCUT2D eigenvalue weighted by Gasteiger charge is -2.24. The highest BCUT2D eigenvalue weighted by Crippen LogP contribution is 2.09. The first-order valence-electron chi connectivity index (χ1n) is 5.51. The minimum Gasteiger partial charge on any atom is -0.497 e. The van der Waals surface area contributed by atoms with Crippen LogP contribution in [0.2, 0.25) is 0 Å². The van der Waals surface area contributed by atoms with Crippen molar-refractivity contribution in [1.82, 2.24) is 4.90 Å². The molecule has 4 nitrogen and oxygen atoms in total. The zero-order valence-corrected chi connectivity index (χ0v) is 11.0. The largest absolute Gasteiger partial charge is 0.497 e. The summed E-state index contributed by atoms with van der Waals surface area (Å²) in [5.41, 5.74) is -0.459. The highest BCUT2D eigenvalue weighted by molar-refractivity contribution is 5.67. The fraction of sp³-hybridized carbons (Fsp3) is 0.750. The Morgan fingerprint density at radius 3 is 2.38 bits per heavy atom. The Morgan fingerprint density at radius 2 is 1.94 bits per heavy atom. The van der Waals surface area contributed by atoms with Gasteiger partial charge in [-0.1, -0.05) is 13.5 Å². The van der Waals surface area contributed by atoms with Gasteiger partial charge in [-0.15, -0.1) is 0 Å². The molecule has 0 aliphatic rings. The van der Waals surface area contributed by atoms with Crippen LogP contribution >= 0.6 is 0 Å². The van der Waals surface area contributed by atoms with Crippen molar-refractivity contribution in [3.8, 4) is 0 Å². The van der Waals surface area contributed by atoms with Crippen LogP contribution in [0.4, 0.5) is 4.79 Å². The summed E-state index contributed by atoms with van der Waals surface area (Å²) in [6, 6.07) is 0. The standard InChI is InChI=1S/C12H23NO3/c1-7-10(2)15-9-8-13(6)11(14)16-12(3,4)5/h2,7-9H2,1,3-6H3. The van der Waals surface area contributed by atoms with Crippen LogP contribution in [0, 0.1) is 0 Å². The van der Waals surface area contributed by atoms with Gasteiger partial charge in [-0.2, -0.15) is 0 Å². The number of nitrogens with zero attached hydrogens (tertiary/aromatic N) is 1. The van der Waals surface area contributed by atoms with E-state index in [4.69, 9.17) is 9.47 Å². The quantitative estimate of drug-likeness (QED) is 0.680. The number of carbonyl (C=O) groups excluding carboxylic acids is 1. The first-order chi connectivity index (χ1) is 7.26. The van der Waals surface area contributed by atoms with Gasteiger partial charge >= 0.3 is 6.09 Å². The van der Waals surface area contributed by atoms with Crippen molar-refractivity contribution in [3.63, 3.8) is 0 Å². The summed E-state index contributed by atoms with van der Waals surface area (Å²) < 4.78 is 10.5. The van der Waals surface area contributed by atoms with Crippen molar-refractivity contribution in [2.75, 3.05) is 20.2 Å². The predicted molar refractivity (Wildman–Crippen MR) is 64.2 cm³/mol. The van der Waals surface area contributed by atoms with E-state index in [0.29, 0.717) is 13.2 Å². The molecule has 4 heteroatoms. The van der Waals surface area contributed by atoms with Crippen molar-refractivity contribution in [3.05, 3.63) is 12.3 Å². The summed E-state index contributed by atoms with van der Waals surface area (Å²) in [4.78, 5) is 13.0. The Labute approximate surface area is 98.2 Å². The molecule has 1 amide bonds. The van der Waals surface area contributed by atoms with Gasteiger partial charge in [0.1, 0.15) is 12.2 Å². The van der Waals surface area contributed by atoms with Gasteiger partial charge in [-0.3, -0.25) is 0 Å². The van der Waals surface area contributed by atoms with Crippen molar-refractivity contribution < 1.29 is 14.3 Å². The molecular weight excluding hydrogens is 206 g/mol. The smallest absolute Gasteiger partial charge is 0.410 e. The van der Waals surface area contributed by atoms with Gasteiger partial charge in [0, 0.05) is 13.5 Å². The summed E-state index contributed by atoms with van der Waals surface area (Å²) in [5, 5.41) is 0. The molecule has 0 aromatic carbocycles. The van der Waals surface area contributed by atoms with Crippen LogP contribution in [0.1, 0.15) is 34.1 Å². The Hall–Kier alpha value is -1.19. The molecule has 94 valence electrons. The third-order valence-electron chi connectivity index (χ3n) is 1.83. The summed E-state index contributed by atoms with van der Waals surface area (Å²) in [7, 11) is 1.69. The SMILES string of the molecule is C=C(CC)OCCN(C)C(=O)OC(C)(C)C. The maximum atomic E-state index is 11.5. The third kappa shape index (κ3) is 7.15. The molecule has 0 saturated heterocycles. The van der Waals surface area contributed by atoms with Crippen molar-refractivity contribution in [2.45, 2.75) is 39.7 Å². The van der Waals surface area contributed by atoms with Crippen molar-refractivity contribution >= 4 is 6.09 Å². The van der Waals surface area contributed by atoms with Gasteiger partial charge in [0.05, 0.1) is 12.3 Å². The Balaban J connectivity index is 3.84. The number of hydrogen-bond acceptors (Lipinski definition) is 3. The van der Waals surface area contributed by atoms with E-state index in [2.05, 4.69) is 6.58 Å². The molecule has 0 saturated carbocycles. The molecule has 0 aromatic heterocycles. The summed E-state index contributed by atoms with van der Waals surface area (Å²) in [6.45, 7) is 12.2. The number of carbonyl (C=O) groups is 1. The predicted octanol–water partition coefficient (Wildman–Crippen LogP) is 2.79. The second-order valence-corrected chi connectivity index (χ2v) is 4.64. The lowest BCUT2D eigenvalue weighted by Crippen LogP contribution is -2.35. The maximum Gasteiger partial charge on any atom is 0.410 e. The van der Waals surface area contributed by atoms with E-state index >= 15 is 0 Å².